The van der Waals surface area contributed by atoms with E-state index in [9.17, 15) is 17.6 Å². The van der Waals surface area contributed by atoms with E-state index in [-0.39, 0.29) is 17.7 Å². The summed E-state index contributed by atoms with van der Waals surface area (Å²) in [4.78, 5) is 9.35. The van der Waals surface area contributed by atoms with Crippen molar-refractivity contribution in [1.29, 1.82) is 0 Å². The molecule has 1 aliphatic heterocycles. The van der Waals surface area contributed by atoms with E-state index < -0.39 is 11.7 Å². The Bertz CT molecular complexity index is 1210. The number of guanidine groups is 1. The molecule has 1 heterocycles. The molecule has 0 radical (unpaired) electrons. The minimum absolute atomic E-state index is 0.141. The van der Waals surface area contributed by atoms with Crippen molar-refractivity contribution in [2.24, 2.45) is 15.9 Å². The molecule has 0 spiro atoms. The van der Waals surface area contributed by atoms with Crippen molar-refractivity contribution in [3.05, 3.63) is 106 Å². The second-order valence-corrected chi connectivity index (χ2v) is 8.33. The predicted octanol–water partition coefficient (Wildman–Crippen LogP) is 5.94. The Morgan fingerprint density at radius 2 is 1.64 bits per heavy atom. The van der Waals surface area contributed by atoms with E-state index in [1.165, 1.54) is 24.3 Å². The molecule has 0 amide bonds. The molecule has 168 valence electrons. The molecule has 0 saturated heterocycles. The van der Waals surface area contributed by atoms with E-state index >= 15 is 0 Å². The van der Waals surface area contributed by atoms with Gasteiger partial charge in [0.05, 0.1) is 17.8 Å². The van der Waals surface area contributed by atoms with Gasteiger partial charge in [-0.3, -0.25) is 4.99 Å². The van der Waals surface area contributed by atoms with Gasteiger partial charge in [-0.15, -0.1) is 0 Å². The number of fused-ring (bicyclic) bond motifs is 3. The number of alkyl halides is 3. The Hall–Kier alpha value is -3.48. The second-order valence-electron chi connectivity index (χ2n) is 8.33. The summed E-state index contributed by atoms with van der Waals surface area (Å²) in [5.74, 6) is 0.515. The van der Waals surface area contributed by atoms with Crippen LogP contribution in [0.2, 0.25) is 0 Å². The highest BCUT2D eigenvalue weighted by Gasteiger charge is 2.34. The highest BCUT2D eigenvalue weighted by Crippen LogP contribution is 2.40. The zero-order valence-electron chi connectivity index (χ0n) is 17.6. The lowest BCUT2D eigenvalue weighted by molar-refractivity contribution is -0.137. The van der Waals surface area contributed by atoms with Gasteiger partial charge in [0.2, 0.25) is 5.96 Å². The number of rotatable bonds is 3. The normalized spacial score (nSPS) is 19.8. The zero-order chi connectivity index (χ0) is 23.0. The van der Waals surface area contributed by atoms with Crippen LogP contribution in [0.3, 0.4) is 0 Å². The van der Waals surface area contributed by atoms with E-state index in [4.69, 9.17) is 4.99 Å². The number of halogens is 4. The van der Waals surface area contributed by atoms with Gasteiger partial charge >= 0.3 is 6.18 Å². The molecule has 0 fully saturated rings. The minimum atomic E-state index is -4.35. The number of hydrogen-bond donors (Lipinski definition) is 1. The largest absolute Gasteiger partial charge is 0.416 e. The van der Waals surface area contributed by atoms with Crippen molar-refractivity contribution in [3.63, 3.8) is 0 Å². The Kier molecular flexibility index (Phi) is 5.48. The number of hydrogen-bond acceptors (Lipinski definition) is 3. The lowest BCUT2D eigenvalue weighted by atomic mass is 9.72. The van der Waals surface area contributed by atoms with Crippen LogP contribution in [-0.4, -0.2) is 18.2 Å². The van der Waals surface area contributed by atoms with E-state index in [1.54, 1.807) is 0 Å². The van der Waals surface area contributed by atoms with Gasteiger partial charge in [-0.2, -0.15) is 13.2 Å². The molecule has 2 aliphatic rings. The minimum Gasteiger partial charge on any atom is -0.350 e. The third-order valence-corrected chi connectivity index (χ3v) is 6.21. The van der Waals surface area contributed by atoms with Crippen molar-refractivity contribution in [1.82, 2.24) is 5.32 Å². The Morgan fingerprint density at radius 1 is 0.909 bits per heavy atom. The highest BCUT2D eigenvalue weighted by molar-refractivity contribution is 6.11. The SMILES string of the molecule is Fc1ccc(C2CC3CN=C(NCc4ccc(C(F)(F)F)cc4)N=C3c3ccccc32)cc1. The second kappa shape index (κ2) is 8.46. The maximum absolute atomic E-state index is 13.4. The molecule has 0 aromatic heterocycles. The molecule has 3 nitrogen and oxygen atoms in total. The smallest absolute Gasteiger partial charge is 0.350 e. The molecule has 1 aliphatic carbocycles. The van der Waals surface area contributed by atoms with Gasteiger partial charge in [-0.05, 0) is 47.4 Å². The van der Waals surface area contributed by atoms with E-state index in [2.05, 4.69) is 22.4 Å². The number of benzene rings is 3. The summed E-state index contributed by atoms with van der Waals surface area (Å²) in [6.45, 7) is 0.901. The monoisotopic (exact) mass is 451 g/mol. The maximum Gasteiger partial charge on any atom is 0.416 e. The Morgan fingerprint density at radius 3 is 2.36 bits per heavy atom. The molecule has 0 saturated carbocycles. The van der Waals surface area contributed by atoms with Crippen LogP contribution in [0.1, 0.15) is 40.2 Å². The van der Waals surface area contributed by atoms with Crippen LogP contribution < -0.4 is 5.32 Å². The summed E-state index contributed by atoms with van der Waals surface area (Å²) in [6, 6.07) is 19.8. The van der Waals surface area contributed by atoms with Crippen molar-refractivity contribution < 1.29 is 17.6 Å². The van der Waals surface area contributed by atoms with E-state index in [0.717, 1.165) is 41.0 Å². The predicted molar refractivity (Wildman–Crippen MR) is 120 cm³/mol. The molecule has 1 N–H and O–H groups in total. The first-order valence-electron chi connectivity index (χ1n) is 10.8. The Labute approximate surface area is 188 Å². The number of aliphatic imine (C=N–C) groups is 2. The fourth-order valence-electron chi connectivity index (χ4n) is 4.53. The molecule has 0 bridgehead atoms. The Balaban J connectivity index is 1.36. The third-order valence-electron chi connectivity index (χ3n) is 6.21. The molecular formula is C26H21F4N3. The maximum atomic E-state index is 13.4. The molecule has 3 aromatic rings. The third kappa shape index (κ3) is 4.40. The molecule has 5 rings (SSSR count). The first-order chi connectivity index (χ1) is 15.9. The van der Waals surface area contributed by atoms with Crippen LogP contribution in [0.15, 0.2) is 82.8 Å². The zero-order valence-corrected chi connectivity index (χ0v) is 17.6. The standard InChI is InChI=1S/C26H21F4N3/c27-20-11-7-17(8-12-20)23-13-18-15-32-25(33-24(18)22-4-2-1-3-21(22)23)31-14-16-5-9-19(10-6-16)26(28,29)30/h1-12,18,23H,13-15H2,(H,31,32). The van der Waals surface area contributed by atoms with Gasteiger partial charge < -0.3 is 5.32 Å². The topological polar surface area (TPSA) is 36.8 Å². The van der Waals surface area contributed by atoms with Crippen LogP contribution in [-0.2, 0) is 12.7 Å². The summed E-state index contributed by atoms with van der Waals surface area (Å²) >= 11 is 0. The molecule has 3 aromatic carbocycles. The molecule has 2 unspecified atom stereocenters. The summed E-state index contributed by atoms with van der Waals surface area (Å²) in [5.41, 5.74) is 4.30. The molecular weight excluding hydrogens is 430 g/mol. The average molecular weight is 451 g/mol. The van der Waals surface area contributed by atoms with Crippen molar-refractivity contribution in [2.75, 3.05) is 6.54 Å². The summed E-state index contributed by atoms with van der Waals surface area (Å²) in [5, 5.41) is 3.15. The molecule has 2 atom stereocenters. The average Bonchev–Trinajstić information content (AvgIpc) is 2.82. The summed E-state index contributed by atoms with van der Waals surface area (Å²) < 4.78 is 51.7. The van der Waals surface area contributed by atoms with E-state index in [1.807, 2.05) is 24.3 Å². The lowest BCUT2D eigenvalue weighted by Crippen LogP contribution is -2.35. The first-order valence-corrected chi connectivity index (χ1v) is 10.8. The van der Waals surface area contributed by atoms with Gasteiger partial charge in [0, 0.05) is 23.9 Å². The number of nitrogens with zero attached hydrogens (tertiary/aromatic N) is 2. The first kappa shape index (κ1) is 21.4. The molecule has 7 heteroatoms. The van der Waals surface area contributed by atoms with Gasteiger partial charge in [-0.25, -0.2) is 9.38 Å². The van der Waals surface area contributed by atoms with Crippen molar-refractivity contribution >= 4 is 11.7 Å². The fourth-order valence-corrected chi connectivity index (χ4v) is 4.53. The quantitative estimate of drug-likeness (QED) is 0.492. The summed E-state index contributed by atoms with van der Waals surface area (Å²) in [6.07, 6.45) is -3.52. The number of nitrogens with one attached hydrogen (secondary N) is 1. The van der Waals surface area contributed by atoms with Crippen LogP contribution in [0.5, 0.6) is 0 Å². The fraction of sp³-hybridized carbons (Fsp3) is 0.231. The van der Waals surface area contributed by atoms with E-state index in [0.29, 0.717) is 24.6 Å². The van der Waals surface area contributed by atoms with Crippen molar-refractivity contribution in [2.45, 2.75) is 25.1 Å². The highest BCUT2D eigenvalue weighted by atomic mass is 19.4. The lowest BCUT2D eigenvalue weighted by Gasteiger charge is -2.34. The van der Waals surface area contributed by atoms with Gasteiger partial charge in [-0.1, -0.05) is 48.5 Å². The van der Waals surface area contributed by atoms with Gasteiger partial charge in [0.1, 0.15) is 5.82 Å². The van der Waals surface area contributed by atoms with Gasteiger partial charge in [0.25, 0.3) is 0 Å². The van der Waals surface area contributed by atoms with Crippen LogP contribution in [0.25, 0.3) is 0 Å². The van der Waals surface area contributed by atoms with Gasteiger partial charge in [0.15, 0.2) is 0 Å². The molecule has 33 heavy (non-hydrogen) atoms. The van der Waals surface area contributed by atoms with Crippen LogP contribution in [0, 0.1) is 11.7 Å². The van der Waals surface area contributed by atoms with Crippen LogP contribution in [0.4, 0.5) is 17.6 Å². The van der Waals surface area contributed by atoms with Crippen LogP contribution >= 0.6 is 0 Å². The summed E-state index contributed by atoms with van der Waals surface area (Å²) in [7, 11) is 0. The van der Waals surface area contributed by atoms with Crippen molar-refractivity contribution in [3.8, 4) is 0 Å².